The largest absolute Gasteiger partial charge is 0.326 e. The van der Waals surface area contributed by atoms with Gasteiger partial charge in [-0.05, 0) is 24.6 Å². The van der Waals surface area contributed by atoms with E-state index in [1.807, 2.05) is 0 Å². The monoisotopic (exact) mass is 231 g/mol. The number of fused-ring (bicyclic) bond motifs is 2. The first-order chi connectivity index (χ1) is 8.28. The molecule has 3 nitrogen and oxygen atoms in total. The average molecular weight is 231 g/mol. The van der Waals surface area contributed by atoms with Crippen LogP contribution in [0.4, 0.5) is 0 Å². The molecule has 0 saturated carbocycles. The van der Waals surface area contributed by atoms with Crippen LogP contribution >= 0.6 is 0 Å². The van der Waals surface area contributed by atoms with E-state index in [1.54, 1.807) is 0 Å². The number of nitrogens with two attached hydrogens (primary N) is 1. The third-order valence-corrected chi connectivity index (χ3v) is 4.37. The van der Waals surface area contributed by atoms with E-state index >= 15 is 0 Å². The van der Waals surface area contributed by atoms with Crippen molar-refractivity contribution in [2.45, 2.75) is 31.6 Å². The molecular formula is C14H21N3. The highest BCUT2D eigenvalue weighted by molar-refractivity contribution is 5.27. The van der Waals surface area contributed by atoms with Crippen molar-refractivity contribution in [3.63, 3.8) is 0 Å². The number of nitrogens with zero attached hydrogens (tertiary/aromatic N) is 2. The lowest BCUT2D eigenvalue weighted by molar-refractivity contribution is -0.0533. The van der Waals surface area contributed by atoms with Crippen LogP contribution in [-0.4, -0.2) is 42.0 Å². The van der Waals surface area contributed by atoms with Crippen LogP contribution in [0.5, 0.6) is 0 Å². The lowest BCUT2D eigenvalue weighted by Crippen LogP contribution is -2.66. The van der Waals surface area contributed by atoms with Crippen LogP contribution in [0.15, 0.2) is 24.3 Å². The van der Waals surface area contributed by atoms with Gasteiger partial charge >= 0.3 is 0 Å². The molecular weight excluding hydrogens is 210 g/mol. The highest BCUT2D eigenvalue weighted by atomic mass is 15.3. The fraction of sp³-hybridized carbons (Fsp3) is 0.571. The summed E-state index contributed by atoms with van der Waals surface area (Å²) >= 11 is 0. The Morgan fingerprint density at radius 2 is 1.82 bits per heavy atom. The lowest BCUT2D eigenvalue weighted by Gasteiger charge is -2.55. The maximum Gasteiger partial charge on any atom is 0.0239 e. The summed E-state index contributed by atoms with van der Waals surface area (Å²) in [6, 6.07) is 10.1. The molecule has 3 aliphatic heterocycles. The van der Waals surface area contributed by atoms with Gasteiger partial charge in [-0.3, -0.25) is 9.80 Å². The van der Waals surface area contributed by atoms with E-state index in [4.69, 9.17) is 5.73 Å². The number of rotatable bonds is 3. The second-order valence-corrected chi connectivity index (χ2v) is 5.38. The predicted octanol–water partition coefficient (Wildman–Crippen LogP) is 1.03. The summed E-state index contributed by atoms with van der Waals surface area (Å²) in [5.41, 5.74) is 8.48. The Morgan fingerprint density at radius 3 is 2.41 bits per heavy atom. The number of hydrogen-bond donors (Lipinski definition) is 1. The van der Waals surface area contributed by atoms with E-state index < -0.39 is 0 Å². The van der Waals surface area contributed by atoms with E-state index in [0.29, 0.717) is 6.54 Å². The van der Waals surface area contributed by atoms with Crippen molar-refractivity contribution >= 4 is 0 Å². The van der Waals surface area contributed by atoms with Crippen LogP contribution in [-0.2, 0) is 13.1 Å². The molecule has 0 aliphatic carbocycles. The Bertz CT molecular complexity index is 392. The zero-order valence-electron chi connectivity index (χ0n) is 10.5. The van der Waals surface area contributed by atoms with Gasteiger partial charge in [0.1, 0.15) is 0 Å². The SMILES string of the molecule is CN1C2CC1CN(Cc1ccccc1CN)C2. The van der Waals surface area contributed by atoms with E-state index in [-0.39, 0.29) is 0 Å². The fourth-order valence-corrected chi connectivity index (χ4v) is 3.16. The maximum atomic E-state index is 5.79. The van der Waals surface area contributed by atoms with Crippen LogP contribution < -0.4 is 5.73 Å². The predicted molar refractivity (Wildman–Crippen MR) is 69.6 cm³/mol. The van der Waals surface area contributed by atoms with Gasteiger partial charge in [-0.1, -0.05) is 24.3 Å². The van der Waals surface area contributed by atoms with Gasteiger partial charge in [-0.2, -0.15) is 0 Å². The summed E-state index contributed by atoms with van der Waals surface area (Å²) in [5.74, 6) is 0. The van der Waals surface area contributed by atoms with E-state index in [0.717, 1.165) is 18.6 Å². The number of hydrogen-bond acceptors (Lipinski definition) is 3. The molecule has 0 radical (unpaired) electrons. The van der Waals surface area contributed by atoms with E-state index in [1.165, 1.54) is 30.6 Å². The Balaban J connectivity index is 1.67. The van der Waals surface area contributed by atoms with Crippen molar-refractivity contribution in [2.75, 3.05) is 20.1 Å². The molecule has 1 aromatic carbocycles. The number of piperazine rings is 1. The third-order valence-electron chi connectivity index (χ3n) is 4.37. The summed E-state index contributed by atoms with van der Waals surface area (Å²) in [7, 11) is 2.25. The average Bonchev–Trinajstić information content (AvgIpc) is 2.39. The Labute approximate surface area is 103 Å². The highest BCUT2D eigenvalue weighted by Crippen LogP contribution is 2.31. The fourth-order valence-electron chi connectivity index (χ4n) is 3.16. The first kappa shape index (κ1) is 11.2. The van der Waals surface area contributed by atoms with Crippen molar-refractivity contribution in [1.29, 1.82) is 0 Å². The van der Waals surface area contributed by atoms with Gasteiger partial charge < -0.3 is 5.73 Å². The van der Waals surface area contributed by atoms with Gasteiger partial charge in [-0.25, -0.2) is 0 Å². The normalized spacial score (nSPS) is 29.1. The molecule has 92 valence electrons. The van der Waals surface area contributed by atoms with Crippen molar-refractivity contribution in [1.82, 2.24) is 9.80 Å². The summed E-state index contributed by atoms with van der Waals surface area (Å²) in [6.45, 7) is 4.14. The summed E-state index contributed by atoms with van der Waals surface area (Å²) in [5, 5.41) is 0. The Morgan fingerprint density at radius 1 is 1.18 bits per heavy atom. The van der Waals surface area contributed by atoms with Crippen LogP contribution in [0, 0.1) is 0 Å². The Hall–Kier alpha value is -0.900. The molecule has 2 N–H and O–H groups in total. The second kappa shape index (κ2) is 4.41. The zero-order valence-corrected chi connectivity index (χ0v) is 10.5. The molecule has 3 aliphatic rings. The molecule has 3 heteroatoms. The minimum atomic E-state index is 0.650. The molecule has 3 heterocycles. The molecule has 0 spiro atoms. The van der Waals surface area contributed by atoms with Crippen molar-refractivity contribution < 1.29 is 0 Å². The van der Waals surface area contributed by atoms with Crippen LogP contribution in [0.1, 0.15) is 17.5 Å². The number of benzene rings is 1. The molecule has 4 rings (SSSR count). The second-order valence-electron chi connectivity index (χ2n) is 5.38. The number of likely N-dealkylation sites (N-methyl/N-ethyl adjacent to an activating group) is 1. The maximum absolute atomic E-state index is 5.79. The molecule has 2 bridgehead atoms. The third kappa shape index (κ3) is 1.99. The van der Waals surface area contributed by atoms with Crippen LogP contribution in [0.25, 0.3) is 0 Å². The van der Waals surface area contributed by atoms with Gasteiger partial charge in [0.25, 0.3) is 0 Å². The molecule has 3 fully saturated rings. The lowest BCUT2D eigenvalue weighted by atomic mass is 9.88. The molecule has 0 amide bonds. The topological polar surface area (TPSA) is 32.5 Å². The van der Waals surface area contributed by atoms with Gasteiger partial charge in [0.2, 0.25) is 0 Å². The molecule has 3 saturated heterocycles. The first-order valence-corrected chi connectivity index (χ1v) is 6.49. The minimum absolute atomic E-state index is 0.650. The quantitative estimate of drug-likeness (QED) is 0.843. The molecule has 2 atom stereocenters. The smallest absolute Gasteiger partial charge is 0.0239 e. The first-order valence-electron chi connectivity index (χ1n) is 6.49. The summed E-state index contributed by atoms with van der Waals surface area (Å²) in [6.07, 6.45) is 1.39. The summed E-state index contributed by atoms with van der Waals surface area (Å²) < 4.78 is 0. The van der Waals surface area contributed by atoms with Crippen LogP contribution in [0.2, 0.25) is 0 Å². The van der Waals surface area contributed by atoms with Crippen molar-refractivity contribution in [3.8, 4) is 0 Å². The molecule has 0 aromatic heterocycles. The van der Waals surface area contributed by atoms with Gasteiger partial charge in [0.15, 0.2) is 0 Å². The van der Waals surface area contributed by atoms with Gasteiger partial charge in [0.05, 0.1) is 0 Å². The highest BCUT2D eigenvalue weighted by Gasteiger charge is 2.41. The molecule has 2 unspecified atom stereocenters. The zero-order chi connectivity index (χ0) is 11.8. The number of piperidine rings is 1. The van der Waals surface area contributed by atoms with Gasteiger partial charge in [-0.15, -0.1) is 0 Å². The van der Waals surface area contributed by atoms with Crippen molar-refractivity contribution in [2.24, 2.45) is 5.73 Å². The Kier molecular flexibility index (Phi) is 2.90. The van der Waals surface area contributed by atoms with E-state index in [9.17, 15) is 0 Å². The minimum Gasteiger partial charge on any atom is -0.326 e. The van der Waals surface area contributed by atoms with Crippen LogP contribution in [0.3, 0.4) is 0 Å². The molecule has 1 aromatic rings. The molecule has 17 heavy (non-hydrogen) atoms. The van der Waals surface area contributed by atoms with Crippen molar-refractivity contribution in [3.05, 3.63) is 35.4 Å². The summed E-state index contributed by atoms with van der Waals surface area (Å²) in [4.78, 5) is 5.10. The standard InChI is InChI=1S/C14H21N3/c1-16-13-6-14(16)10-17(9-13)8-12-5-3-2-4-11(12)7-15/h2-5,13-14H,6-10,15H2,1H3. The van der Waals surface area contributed by atoms with E-state index in [2.05, 4.69) is 41.1 Å². The van der Waals surface area contributed by atoms with Gasteiger partial charge in [0, 0.05) is 38.3 Å².